The summed E-state index contributed by atoms with van der Waals surface area (Å²) in [4.78, 5) is 14.6. The molecule has 4 nitrogen and oxygen atoms in total. The topological polar surface area (TPSA) is 58.4 Å². The van der Waals surface area contributed by atoms with Gasteiger partial charge in [-0.3, -0.25) is 4.79 Å². The van der Waals surface area contributed by atoms with Crippen molar-refractivity contribution >= 4 is 23.4 Å². The van der Waals surface area contributed by atoms with Gasteiger partial charge in [0.2, 0.25) is 0 Å². The first-order valence-corrected chi connectivity index (χ1v) is 6.42. The third-order valence-corrected chi connectivity index (χ3v) is 3.36. The lowest BCUT2D eigenvalue weighted by Crippen LogP contribution is -2.18. The molecule has 0 spiro atoms. The summed E-state index contributed by atoms with van der Waals surface area (Å²) < 4.78 is 0. The fourth-order valence-electron chi connectivity index (χ4n) is 1.30. The lowest BCUT2D eigenvalue weighted by atomic mass is 10.2. The molecule has 0 aliphatic rings. The zero-order chi connectivity index (χ0) is 12.8. The van der Waals surface area contributed by atoms with Gasteiger partial charge in [0.05, 0.1) is 0 Å². The minimum atomic E-state index is -0.110. The Kier molecular flexibility index (Phi) is 5.31. The van der Waals surface area contributed by atoms with E-state index >= 15 is 0 Å². The molecule has 0 fully saturated rings. The lowest BCUT2D eigenvalue weighted by molar-refractivity contribution is 0.0963. The Morgan fingerprint density at radius 3 is 2.71 bits per heavy atom. The van der Waals surface area contributed by atoms with Gasteiger partial charge in [-0.25, -0.2) is 0 Å². The molecule has 94 valence electrons. The van der Waals surface area contributed by atoms with Crippen LogP contribution in [-0.2, 0) is 0 Å². The highest BCUT2D eigenvalue weighted by molar-refractivity contribution is 7.99. The van der Waals surface area contributed by atoms with E-state index in [1.807, 2.05) is 20.2 Å². The molecule has 0 atom stereocenters. The van der Waals surface area contributed by atoms with Crippen LogP contribution in [0.15, 0.2) is 23.1 Å². The zero-order valence-corrected chi connectivity index (χ0v) is 11.3. The fraction of sp³-hybridized carbons (Fsp3) is 0.417. The number of nitrogen functional groups attached to an aromatic ring is 1. The molecule has 0 unspecified atom stereocenters. The van der Waals surface area contributed by atoms with Crippen molar-refractivity contribution in [1.82, 2.24) is 10.2 Å². The second-order valence-electron chi connectivity index (χ2n) is 3.98. The van der Waals surface area contributed by atoms with Crippen LogP contribution in [0, 0.1) is 0 Å². The minimum absolute atomic E-state index is 0.110. The number of nitrogens with one attached hydrogen (secondary N) is 1. The predicted octanol–water partition coefficient (Wildman–Crippen LogP) is 1.28. The van der Waals surface area contributed by atoms with E-state index in [4.69, 9.17) is 5.73 Å². The molecule has 0 saturated carbocycles. The summed E-state index contributed by atoms with van der Waals surface area (Å²) in [5, 5.41) is 2.58. The molecule has 1 rings (SSSR count). The van der Waals surface area contributed by atoms with E-state index in [2.05, 4.69) is 10.2 Å². The third kappa shape index (κ3) is 4.28. The summed E-state index contributed by atoms with van der Waals surface area (Å²) in [5.41, 5.74) is 7.18. The molecule has 0 heterocycles. The maximum Gasteiger partial charge on any atom is 0.251 e. The highest BCUT2D eigenvalue weighted by atomic mass is 32.2. The van der Waals surface area contributed by atoms with E-state index < -0.39 is 0 Å². The molecule has 17 heavy (non-hydrogen) atoms. The van der Waals surface area contributed by atoms with E-state index in [9.17, 15) is 4.79 Å². The van der Waals surface area contributed by atoms with Gasteiger partial charge in [0.1, 0.15) is 0 Å². The first-order chi connectivity index (χ1) is 8.04. The second kappa shape index (κ2) is 6.51. The highest BCUT2D eigenvalue weighted by Gasteiger charge is 2.06. The monoisotopic (exact) mass is 253 g/mol. The van der Waals surface area contributed by atoms with Crippen molar-refractivity contribution in [2.24, 2.45) is 0 Å². The molecule has 5 heteroatoms. The van der Waals surface area contributed by atoms with Gasteiger partial charge >= 0.3 is 0 Å². The predicted molar refractivity (Wildman–Crippen MR) is 73.5 cm³/mol. The van der Waals surface area contributed by atoms with Gasteiger partial charge in [0, 0.05) is 35.5 Å². The van der Waals surface area contributed by atoms with Gasteiger partial charge in [-0.05, 0) is 32.3 Å². The molecule has 0 aromatic heterocycles. The quantitative estimate of drug-likeness (QED) is 0.613. The summed E-state index contributed by atoms with van der Waals surface area (Å²) in [7, 11) is 5.69. The Balaban J connectivity index is 2.66. The van der Waals surface area contributed by atoms with E-state index in [-0.39, 0.29) is 5.91 Å². The lowest BCUT2D eigenvalue weighted by Gasteiger charge is -2.10. The van der Waals surface area contributed by atoms with Crippen molar-refractivity contribution < 1.29 is 4.79 Å². The molecule has 0 saturated heterocycles. The van der Waals surface area contributed by atoms with Crippen molar-refractivity contribution in [1.29, 1.82) is 0 Å². The largest absolute Gasteiger partial charge is 0.398 e. The molecular weight excluding hydrogens is 234 g/mol. The summed E-state index contributed by atoms with van der Waals surface area (Å²) in [5.74, 6) is 0.873. The van der Waals surface area contributed by atoms with E-state index in [1.165, 1.54) is 0 Å². The van der Waals surface area contributed by atoms with Crippen molar-refractivity contribution in [2.75, 3.05) is 39.2 Å². The summed E-state index contributed by atoms with van der Waals surface area (Å²) in [6.07, 6.45) is 0. The number of carbonyl (C=O) groups is 1. The summed E-state index contributed by atoms with van der Waals surface area (Å²) >= 11 is 1.71. The van der Waals surface area contributed by atoms with Crippen molar-refractivity contribution in [3.8, 4) is 0 Å². The number of nitrogens with two attached hydrogens (primary N) is 1. The Bertz CT molecular complexity index is 393. The average Bonchev–Trinajstić information content (AvgIpc) is 2.29. The Labute approximate surface area is 107 Å². The number of carbonyl (C=O) groups excluding carboxylic acids is 1. The Morgan fingerprint density at radius 1 is 1.47 bits per heavy atom. The Hall–Kier alpha value is -1.20. The number of hydrogen-bond acceptors (Lipinski definition) is 4. The molecule has 3 N–H and O–H groups in total. The molecule has 1 aromatic rings. The van der Waals surface area contributed by atoms with Gasteiger partial charge in [-0.1, -0.05) is 0 Å². The van der Waals surface area contributed by atoms with Crippen LogP contribution in [-0.4, -0.2) is 44.2 Å². The van der Waals surface area contributed by atoms with Crippen molar-refractivity contribution in [3.63, 3.8) is 0 Å². The number of benzene rings is 1. The van der Waals surface area contributed by atoms with Crippen molar-refractivity contribution in [2.45, 2.75) is 4.90 Å². The van der Waals surface area contributed by atoms with Crippen molar-refractivity contribution in [3.05, 3.63) is 23.8 Å². The maximum absolute atomic E-state index is 11.4. The number of rotatable bonds is 5. The zero-order valence-electron chi connectivity index (χ0n) is 10.5. The minimum Gasteiger partial charge on any atom is -0.398 e. The second-order valence-corrected chi connectivity index (χ2v) is 5.12. The third-order valence-electron chi connectivity index (χ3n) is 2.30. The normalized spacial score (nSPS) is 10.6. The first-order valence-electron chi connectivity index (χ1n) is 5.43. The van der Waals surface area contributed by atoms with Gasteiger partial charge in [-0.2, -0.15) is 0 Å². The maximum atomic E-state index is 11.4. The molecule has 1 aromatic carbocycles. The van der Waals surface area contributed by atoms with Crippen LogP contribution in [0.2, 0.25) is 0 Å². The number of thioether (sulfide) groups is 1. The van der Waals surface area contributed by atoms with Gasteiger partial charge in [0.25, 0.3) is 5.91 Å². The van der Waals surface area contributed by atoms with Crippen LogP contribution in [0.25, 0.3) is 0 Å². The van der Waals surface area contributed by atoms with Crippen LogP contribution < -0.4 is 11.1 Å². The molecular formula is C12H19N3OS. The smallest absolute Gasteiger partial charge is 0.251 e. The number of nitrogens with zero attached hydrogens (tertiary/aromatic N) is 1. The average molecular weight is 253 g/mol. The van der Waals surface area contributed by atoms with E-state index in [0.717, 1.165) is 17.2 Å². The van der Waals surface area contributed by atoms with Crippen LogP contribution >= 0.6 is 11.8 Å². The van der Waals surface area contributed by atoms with Crippen LogP contribution in [0.3, 0.4) is 0 Å². The summed E-state index contributed by atoms with van der Waals surface area (Å²) in [6.45, 7) is 1.00. The van der Waals surface area contributed by atoms with Gasteiger partial charge in [-0.15, -0.1) is 11.8 Å². The van der Waals surface area contributed by atoms with Crippen LogP contribution in [0.4, 0.5) is 5.69 Å². The number of hydrogen-bond donors (Lipinski definition) is 2. The standard InChI is InChI=1S/C12H19N3OS/c1-14-12(16)9-4-5-11(10(13)8-9)17-7-6-15(2)3/h4-5,8H,6-7,13H2,1-3H3,(H,14,16). The van der Waals surface area contributed by atoms with E-state index in [1.54, 1.807) is 30.9 Å². The number of amides is 1. The number of anilines is 1. The fourth-order valence-corrected chi connectivity index (χ4v) is 2.37. The van der Waals surface area contributed by atoms with Gasteiger partial charge < -0.3 is 16.0 Å². The van der Waals surface area contributed by atoms with E-state index in [0.29, 0.717) is 11.3 Å². The molecule has 0 aliphatic heterocycles. The molecule has 0 radical (unpaired) electrons. The summed E-state index contributed by atoms with van der Waals surface area (Å²) in [6, 6.07) is 5.42. The van der Waals surface area contributed by atoms with Crippen LogP contribution in [0.5, 0.6) is 0 Å². The van der Waals surface area contributed by atoms with Crippen LogP contribution in [0.1, 0.15) is 10.4 Å². The Morgan fingerprint density at radius 2 is 2.18 bits per heavy atom. The SMILES string of the molecule is CNC(=O)c1ccc(SCCN(C)C)c(N)c1. The van der Waals surface area contributed by atoms with Gasteiger partial charge in [0.15, 0.2) is 0 Å². The highest BCUT2D eigenvalue weighted by Crippen LogP contribution is 2.25. The molecule has 0 bridgehead atoms. The molecule has 1 amide bonds. The first kappa shape index (κ1) is 13.9. The molecule has 0 aliphatic carbocycles.